The Kier molecular flexibility index (Phi) is 4.61. The van der Waals surface area contributed by atoms with Crippen molar-refractivity contribution in [2.45, 2.75) is 17.6 Å². The molecule has 19 heavy (non-hydrogen) atoms. The van der Waals surface area contributed by atoms with E-state index in [1.165, 1.54) is 13.0 Å². The van der Waals surface area contributed by atoms with Crippen LogP contribution in [0.4, 0.5) is 4.39 Å². The van der Waals surface area contributed by atoms with Crippen LogP contribution in [-0.4, -0.2) is 5.78 Å². The average Bonchev–Trinajstić information content (AvgIpc) is 2.41. The van der Waals surface area contributed by atoms with Gasteiger partial charge in [0.1, 0.15) is 5.82 Å². The molecule has 0 unspecified atom stereocenters. The smallest absolute Gasteiger partial charge is 0.159 e. The molecule has 0 heterocycles. The van der Waals surface area contributed by atoms with Crippen LogP contribution in [0, 0.1) is 5.82 Å². The number of carbonyl (C=O) groups is 1. The van der Waals surface area contributed by atoms with Crippen molar-refractivity contribution in [3.63, 3.8) is 0 Å². The van der Waals surface area contributed by atoms with E-state index in [4.69, 9.17) is 11.6 Å². The zero-order valence-corrected chi connectivity index (χ0v) is 11.9. The lowest BCUT2D eigenvalue weighted by Gasteiger charge is -2.05. The van der Waals surface area contributed by atoms with Gasteiger partial charge in [-0.2, -0.15) is 0 Å². The van der Waals surface area contributed by atoms with Gasteiger partial charge >= 0.3 is 0 Å². The average molecular weight is 295 g/mol. The van der Waals surface area contributed by atoms with Crippen molar-refractivity contribution in [1.29, 1.82) is 0 Å². The fraction of sp³-hybridized carbons (Fsp3) is 0.133. The zero-order valence-electron chi connectivity index (χ0n) is 10.3. The van der Waals surface area contributed by atoms with Crippen molar-refractivity contribution in [3.8, 4) is 0 Å². The molecule has 98 valence electrons. The molecule has 2 aromatic carbocycles. The van der Waals surface area contributed by atoms with Gasteiger partial charge in [0.05, 0.1) is 5.02 Å². The first-order valence-electron chi connectivity index (χ1n) is 5.74. The number of benzene rings is 2. The molecule has 2 rings (SSSR count). The van der Waals surface area contributed by atoms with E-state index in [1.54, 1.807) is 30.0 Å². The second-order valence-corrected chi connectivity index (χ2v) is 5.51. The summed E-state index contributed by atoms with van der Waals surface area (Å²) in [6.45, 7) is 1.54. The summed E-state index contributed by atoms with van der Waals surface area (Å²) in [6.07, 6.45) is 0. The number of rotatable bonds is 4. The highest BCUT2D eigenvalue weighted by atomic mass is 35.5. The lowest BCUT2D eigenvalue weighted by Crippen LogP contribution is -1.90. The summed E-state index contributed by atoms with van der Waals surface area (Å²) >= 11 is 7.45. The third-order valence-corrected chi connectivity index (χ3v) is 4.17. The Morgan fingerprint density at radius 1 is 1.21 bits per heavy atom. The summed E-state index contributed by atoms with van der Waals surface area (Å²) in [6, 6.07) is 12.1. The molecule has 2 aromatic rings. The molecule has 0 amide bonds. The molecule has 0 aliphatic rings. The van der Waals surface area contributed by atoms with Crippen LogP contribution in [-0.2, 0) is 5.75 Å². The Morgan fingerprint density at radius 2 is 1.89 bits per heavy atom. The first-order chi connectivity index (χ1) is 9.08. The molecule has 1 nitrogen and oxygen atoms in total. The maximum Gasteiger partial charge on any atom is 0.159 e. The minimum Gasteiger partial charge on any atom is -0.295 e. The molecule has 0 fully saturated rings. The zero-order chi connectivity index (χ0) is 13.8. The largest absolute Gasteiger partial charge is 0.295 e. The first kappa shape index (κ1) is 14.1. The summed E-state index contributed by atoms with van der Waals surface area (Å²) in [7, 11) is 0. The highest BCUT2D eigenvalue weighted by Crippen LogP contribution is 2.28. The van der Waals surface area contributed by atoms with Gasteiger partial charge < -0.3 is 0 Å². The third-order valence-electron chi connectivity index (χ3n) is 2.69. The lowest BCUT2D eigenvalue weighted by molar-refractivity contribution is 0.101. The van der Waals surface area contributed by atoms with Crippen LogP contribution in [0.1, 0.15) is 22.8 Å². The minimum absolute atomic E-state index is 0.0460. The molecule has 0 aliphatic carbocycles. The van der Waals surface area contributed by atoms with Crippen LogP contribution in [0.25, 0.3) is 0 Å². The van der Waals surface area contributed by atoms with Crippen LogP contribution in [0.2, 0.25) is 5.02 Å². The molecule has 0 radical (unpaired) electrons. The number of carbonyl (C=O) groups excluding carboxylic acids is 1. The number of Topliss-reactive ketones (excluding diaryl/α,β-unsaturated/α-hetero) is 1. The highest BCUT2D eigenvalue weighted by Gasteiger charge is 2.06. The standard InChI is InChI=1S/C15H12ClFOS/c1-10(18)11-5-7-13(8-6-11)19-9-12-3-2-4-14(17)15(12)16/h2-8H,9H2,1H3. The van der Waals surface area contributed by atoms with Crippen LogP contribution < -0.4 is 0 Å². The summed E-state index contributed by atoms with van der Waals surface area (Å²) in [5.41, 5.74) is 1.45. The number of thioether (sulfide) groups is 1. The number of halogens is 2. The van der Waals surface area contributed by atoms with Gasteiger partial charge in [0.15, 0.2) is 5.78 Å². The summed E-state index contributed by atoms with van der Waals surface area (Å²) < 4.78 is 13.3. The van der Waals surface area contributed by atoms with E-state index < -0.39 is 5.82 Å². The molecule has 0 saturated carbocycles. The second kappa shape index (κ2) is 6.22. The van der Waals surface area contributed by atoms with Crippen LogP contribution in [0.15, 0.2) is 47.4 Å². The van der Waals surface area contributed by atoms with E-state index in [0.717, 1.165) is 10.5 Å². The maximum atomic E-state index is 13.3. The maximum absolute atomic E-state index is 13.3. The van der Waals surface area contributed by atoms with Gasteiger partial charge in [-0.1, -0.05) is 35.9 Å². The van der Waals surface area contributed by atoms with Crippen molar-refractivity contribution in [2.75, 3.05) is 0 Å². The Hall–Kier alpha value is -1.32. The number of ketones is 1. The topological polar surface area (TPSA) is 17.1 Å². The van der Waals surface area contributed by atoms with Crippen molar-refractivity contribution >= 4 is 29.1 Å². The Balaban J connectivity index is 2.06. The van der Waals surface area contributed by atoms with Gasteiger partial charge in [-0.05, 0) is 30.7 Å². The molecular formula is C15H12ClFOS. The summed E-state index contributed by atoms with van der Waals surface area (Å²) in [5.74, 6) is 0.243. The molecule has 0 spiro atoms. The SMILES string of the molecule is CC(=O)c1ccc(SCc2cccc(F)c2Cl)cc1. The van der Waals surface area contributed by atoms with E-state index in [9.17, 15) is 9.18 Å². The normalized spacial score (nSPS) is 10.5. The molecule has 0 saturated heterocycles. The fourth-order valence-corrected chi connectivity index (χ4v) is 2.77. The number of hydrogen-bond acceptors (Lipinski definition) is 2. The van der Waals surface area contributed by atoms with Gasteiger partial charge in [0.2, 0.25) is 0 Å². The predicted molar refractivity (Wildman–Crippen MR) is 77.4 cm³/mol. The fourth-order valence-electron chi connectivity index (χ4n) is 1.61. The molecule has 0 aromatic heterocycles. The van der Waals surface area contributed by atoms with E-state index in [2.05, 4.69) is 0 Å². The molecule has 0 aliphatic heterocycles. The second-order valence-electron chi connectivity index (χ2n) is 4.08. The van der Waals surface area contributed by atoms with E-state index in [-0.39, 0.29) is 10.8 Å². The number of hydrogen-bond donors (Lipinski definition) is 0. The van der Waals surface area contributed by atoms with Crippen LogP contribution >= 0.6 is 23.4 Å². The van der Waals surface area contributed by atoms with Gasteiger partial charge in [-0.15, -0.1) is 11.8 Å². The van der Waals surface area contributed by atoms with Gasteiger partial charge in [0, 0.05) is 16.2 Å². The van der Waals surface area contributed by atoms with Gasteiger partial charge in [-0.3, -0.25) is 4.79 Å². The monoisotopic (exact) mass is 294 g/mol. The predicted octanol–water partition coefficient (Wildman–Crippen LogP) is 4.97. The van der Waals surface area contributed by atoms with Gasteiger partial charge in [0.25, 0.3) is 0 Å². The lowest BCUT2D eigenvalue weighted by atomic mass is 10.2. The Morgan fingerprint density at radius 3 is 2.53 bits per heavy atom. The van der Waals surface area contributed by atoms with E-state index >= 15 is 0 Å². The van der Waals surface area contributed by atoms with Crippen molar-refractivity contribution in [2.24, 2.45) is 0 Å². The Labute approximate surface area is 120 Å². The quantitative estimate of drug-likeness (QED) is 0.585. The Bertz CT molecular complexity index is 596. The van der Waals surface area contributed by atoms with Crippen LogP contribution in [0.3, 0.4) is 0 Å². The van der Waals surface area contributed by atoms with E-state index in [1.807, 2.05) is 18.2 Å². The van der Waals surface area contributed by atoms with Gasteiger partial charge in [-0.25, -0.2) is 4.39 Å². The van der Waals surface area contributed by atoms with Crippen molar-refractivity contribution in [1.82, 2.24) is 0 Å². The van der Waals surface area contributed by atoms with Crippen LogP contribution in [0.5, 0.6) is 0 Å². The van der Waals surface area contributed by atoms with Crippen molar-refractivity contribution < 1.29 is 9.18 Å². The molecule has 4 heteroatoms. The highest BCUT2D eigenvalue weighted by molar-refractivity contribution is 7.98. The van der Waals surface area contributed by atoms with E-state index in [0.29, 0.717) is 11.3 Å². The van der Waals surface area contributed by atoms with Crippen molar-refractivity contribution in [3.05, 3.63) is 64.4 Å². The molecule has 0 N–H and O–H groups in total. The first-order valence-corrected chi connectivity index (χ1v) is 7.11. The minimum atomic E-state index is -0.397. The molecular weight excluding hydrogens is 283 g/mol. The third kappa shape index (κ3) is 3.58. The molecule has 0 bridgehead atoms. The summed E-state index contributed by atoms with van der Waals surface area (Å²) in [5, 5.41) is 0.176. The molecule has 0 atom stereocenters. The summed E-state index contributed by atoms with van der Waals surface area (Å²) in [4.78, 5) is 12.2.